The second-order valence-electron chi connectivity index (χ2n) is 8.27. The van der Waals surface area contributed by atoms with Crippen molar-refractivity contribution in [3.8, 4) is 0 Å². The van der Waals surface area contributed by atoms with Gasteiger partial charge in [-0.2, -0.15) is 0 Å². The number of aromatic nitrogens is 1. The van der Waals surface area contributed by atoms with Crippen LogP contribution in [0.2, 0.25) is 0 Å². The zero-order valence-electron chi connectivity index (χ0n) is 22.2. The van der Waals surface area contributed by atoms with Crippen LogP contribution in [0.25, 0.3) is 16.5 Å². The molecular weight excluding hydrogens is 420 g/mol. The van der Waals surface area contributed by atoms with Crippen LogP contribution in [0.15, 0.2) is 18.2 Å². The number of fused-ring (bicyclic) bond motifs is 2. The number of amides is 1. The van der Waals surface area contributed by atoms with Gasteiger partial charge in [0.1, 0.15) is 15.7 Å². The van der Waals surface area contributed by atoms with Gasteiger partial charge in [-0.1, -0.05) is 58.3 Å². The van der Waals surface area contributed by atoms with Crippen molar-refractivity contribution in [2.75, 3.05) is 26.7 Å². The molecule has 1 aromatic carbocycles. The third-order valence-corrected chi connectivity index (χ3v) is 6.69. The maximum absolute atomic E-state index is 13.1. The lowest BCUT2D eigenvalue weighted by Gasteiger charge is -2.40. The smallest absolute Gasteiger partial charge is 0.230 e. The van der Waals surface area contributed by atoms with E-state index < -0.39 is 0 Å². The molecule has 0 spiro atoms. The first kappa shape index (κ1) is 28.0. The minimum absolute atomic E-state index is 0.0607. The van der Waals surface area contributed by atoms with Crippen LogP contribution in [0.5, 0.6) is 0 Å². The molecule has 2 heterocycles. The fraction of sp³-hybridized carbons (Fsp3) is 0.556. The number of carbonyl (C=O) groups excluding carboxylic acids is 2. The van der Waals surface area contributed by atoms with E-state index in [9.17, 15) is 9.59 Å². The van der Waals surface area contributed by atoms with E-state index in [1.807, 2.05) is 65.5 Å². The quantitative estimate of drug-likeness (QED) is 0.661. The number of carbonyl (C=O) groups is 2. The van der Waals surface area contributed by atoms with Gasteiger partial charge >= 0.3 is 0 Å². The molecule has 1 aliphatic heterocycles. The second kappa shape index (κ2) is 11.9. The Morgan fingerprint density at radius 3 is 2.24 bits per heavy atom. The van der Waals surface area contributed by atoms with Crippen molar-refractivity contribution in [3.05, 3.63) is 29.3 Å². The number of hydrogen-bond donors (Lipinski definition) is 0. The van der Waals surface area contributed by atoms with E-state index in [0.29, 0.717) is 49.0 Å². The Morgan fingerprint density at radius 1 is 1.06 bits per heavy atom. The minimum atomic E-state index is -0.188. The molecule has 2 aliphatic rings. The van der Waals surface area contributed by atoms with E-state index in [1.165, 1.54) is 0 Å². The molecule has 34 heavy (non-hydrogen) atoms. The molecule has 0 bridgehead atoms. The maximum atomic E-state index is 13.1. The van der Waals surface area contributed by atoms with Crippen molar-refractivity contribution in [1.29, 1.82) is 0 Å². The van der Waals surface area contributed by atoms with Crippen LogP contribution in [0, 0.1) is 5.92 Å². The molecule has 0 N–H and O–H groups in total. The molecule has 2 aromatic rings. The third-order valence-electron chi connectivity index (χ3n) is 6.69. The summed E-state index contributed by atoms with van der Waals surface area (Å²) in [5.74, 6) is -0.0880. The molecule has 4 radical (unpaired) electrons. The van der Waals surface area contributed by atoms with Crippen LogP contribution in [-0.4, -0.2) is 74.6 Å². The molecule has 2 unspecified atom stereocenters. The van der Waals surface area contributed by atoms with E-state index in [1.54, 1.807) is 4.57 Å². The molecule has 0 fully saturated rings. The summed E-state index contributed by atoms with van der Waals surface area (Å²) in [5, 5.41) is 0.959. The zero-order chi connectivity index (χ0) is 25.7. The Labute approximate surface area is 208 Å². The highest BCUT2D eigenvalue weighted by Gasteiger charge is 2.38. The van der Waals surface area contributed by atoms with E-state index >= 15 is 0 Å². The van der Waals surface area contributed by atoms with Gasteiger partial charge in [-0.15, -0.1) is 0 Å². The molecule has 0 saturated heterocycles. The molecule has 1 amide bonds. The molecule has 180 valence electrons. The Morgan fingerprint density at radius 2 is 1.68 bits per heavy atom. The zero-order valence-corrected chi connectivity index (χ0v) is 22.2. The highest BCUT2D eigenvalue weighted by atomic mass is 16.2. The van der Waals surface area contributed by atoms with Crippen molar-refractivity contribution in [2.45, 2.75) is 67.3 Å². The van der Waals surface area contributed by atoms with Gasteiger partial charge in [0.25, 0.3) is 0 Å². The Balaban J connectivity index is 0.000000970. The second-order valence-corrected chi connectivity index (χ2v) is 8.27. The topological polar surface area (TPSA) is 45.6 Å². The first-order valence-corrected chi connectivity index (χ1v) is 12.8. The van der Waals surface area contributed by atoms with Gasteiger partial charge in [-0.25, -0.2) is 0 Å². The average Bonchev–Trinajstić information content (AvgIpc) is 3.17. The lowest BCUT2D eigenvalue weighted by Crippen LogP contribution is -2.48. The van der Waals surface area contributed by atoms with Gasteiger partial charge in [0.15, 0.2) is 0 Å². The van der Waals surface area contributed by atoms with Crippen LogP contribution in [0.4, 0.5) is 0 Å². The molecule has 0 saturated carbocycles. The van der Waals surface area contributed by atoms with Crippen LogP contribution in [0.3, 0.4) is 0 Å². The highest BCUT2D eigenvalue weighted by molar-refractivity contribution is 6.43. The number of rotatable bonds is 4. The Bertz CT molecular complexity index is 1070. The fourth-order valence-electron chi connectivity index (χ4n) is 5.10. The third kappa shape index (κ3) is 4.64. The van der Waals surface area contributed by atoms with Crippen molar-refractivity contribution >= 4 is 55.0 Å². The molecule has 7 heteroatoms. The first-order valence-electron chi connectivity index (χ1n) is 12.8. The molecule has 5 nitrogen and oxygen atoms in total. The highest BCUT2D eigenvalue weighted by Crippen LogP contribution is 2.40. The number of hydrogen-bond acceptors (Lipinski definition) is 3. The van der Waals surface area contributed by atoms with E-state index in [4.69, 9.17) is 15.7 Å². The average molecular weight is 459 g/mol. The summed E-state index contributed by atoms with van der Waals surface area (Å²) in [6, 6.07) is 3.98. The number of likely N-dealkylation sites (N-methyl/N-ethyl adjacent to an activating group) is 1. The van der Waals surface area contributed by atoms with Crippen molar-refractivity contribution in [3.63, 3.8) is 0 Å². The van der Waals surface area contributed by atoms with Gasteiger partial charge in [0, 0.05) is 43.0 Å². The van der Waals surface area contributed by atoms with Crippen molar-refractivity contribution in [2.24, 2.45) is 5.92 Å². The van der Waals surface area contributed by atoms with Crippen molar-refractivity contribution < 1.29 is 9.59 Å². The standard InChI is InChI=1S/C23H27B2N3O2.2C2H6/c1-5-19(29)28-21-17(24)9-8-14-15-10-13(23(30)27(6-2)7-3)12-26(4)18(15)11-16(20(14)21)22(28)25;2*1-2/h8-10,13,18H,5-7,11-12H2,1-4H3;2*1-2H3. The predicted molar refractivity (Wildman–Crippen MR) is 146 cm³/mol. The maximum Gasteiger partial charge on any atom is 0.230 e. The van der Waals surface area contributed by atoms with Crippen LogP contribution < -0.4 is 11.1 Å². The summed E-state index contributed by atoms with van der Waals surface area (Å²) < 4.78 is 1.58. The predicted octanol–water partition coefficient (Wildman–Crippen LogP) is 3.07. The largest absolute Gasteiger partial charge is 0.343 e. The number of benzene rings is 1. The Kier molecular flexibility index (Phi) is 9.81. The monoisotopic (exact) mass is 459 g/mol. The van der Waals surface area contributed by atoms with Crippen LogP contribution >= 0.6 is 0 Å². The molecule has 2 atom stereocenters. The Hall–Kier alpha value is -2.27. The lowest BCUT2D eigenvalue weighted by molar-refractivity contribution is -0.134. The summed E-state index contributed by atoms with van der Waals surface area (Å²) in [7, 11) is 14.8. The number of nitrogens with zero attached hydrogens (tertiary/aromatic N) is 3. The van der Waals surface area contributed by atoms with Crippen molar-refractivity contribution in [1.82, 2.24) is 14.4 Å². The van der Waals surface area contributed by atoms with E-state index in [-0.39, 0.29) is 23.8 Å². The van der Waals surface area contributed by atoms with Crippen LogP contribution in [-0.2, 0) is 11.2 Å². The van der Waals surface area contributed by atoms with Gasteiger partial charge in [-0.3, -0.25) is 19.1 Å². The lowest BCUT2D eigenvalue weighted by atomic mass is 9.76. The summed E-state index contributed by atoms with van der Waals surface area (Å²) in [6.07, 6.45) is 3.19. The van der Waals surface area contributed by atoms with Gasteiger partial charge in [0.2, 0.25) is 11.8 Å². The fourth-order valence-corrected chi connectivity index (χ4v) is 5.10. The summed E-state index contributed by atoms with van der Waals surface area (Å²) in [5.41, 5.74) is 4.89. The van der Waals surface area contributed by atoms with E-state index in [2.05, 4.69) is 18.0 Å². The summed E-state index contributed by atoms with van der Waals surface area (Å²) in [6.45, 7) is 15.9. The van der Waals surface area contributed by atoms with Crippen LogP contribution in [0.1, 0.15) is 70.8 Å². The SMILES string of the molecule is CC.CC.[B]c1ccc2c3c(c([B])n(C(=O)CC)c13)CC1C2=CC(C(=O)N(CC)CC)CN1C. The van der Waals surface area contributed by atoms with Gasteiger partial charge in [0.05, 0.1) is 5.92 Å². The summed E-state index contributed by atoms with van der Waals surface area (Å²) in [4.78, 5) is 29.9. The normalized spacial score (nSPS) is 18.6. The van der Waals surface area contributed by atoms with Gasteiger partial charge < -0.3 is 4.90 Å². The van der Waals surface area contributed by atoms with Gasteiger partial charge in [-0.05, 0) is 49.6 Å². The molecule has 4 rings (SSSR count). The molecule has 1 aliphatic carbocycles. The minimum Gasteiger partial charge on any atom is -0.343 e. The first-order chi connectivity index (χ1) is 16.3. The summed E-state index contributed by atoms with van der Waals surface area (Å²) >= 11 is 0. The van der Waals surface area contributed by atoms with E-state index in [0.717, 1.165) is 22.1 Å². The molecular formula is C27H39B2N3O2. The molecule has 1 aromatic heterocycles.